The normalized spacial score (nSPS) is 10.5. The molecule has 5 heteroatoms. The number of hydrogen-bond acceptors (Lipinski definition) is 2. The standard InChI is InChI=1S/C16H16Cl2N2O/c1-9-5-11(16(19)21)3-4-12(9)8-20-15-7-13(17)10(2)6-14(15)18/h3-7,20H,8H2,1-2H3,(H2,19,21). The number of aryl methyl sites for hydroxylation is 2. The lowest BCUT2D eigenvalue weighted by molar-refractivity contribution is 0.1000. The van der Waals surface area contributed by atoms with Gasteiger partial charge >= 0.3 is 0 Å². The second kappa shape index (κ2) is 6.37. The summed E-state index contributed by atoms with van der Waals surface area (Å²) in [5.74, 6) is -0.425. The number of carbonyl (C=O) groups excluding carboxylic acids is 1. The third-order valence-corrected chi connectivity index (χ3v) is 4.06. The molecular formula is C16H16Cl2N2O. The topological polar surface area (TPSA) is 55.1 Å². The molecule has 110 valence electrons. The molecule has 2 aromatic carbocycles. The molecule has 3 N–H and O–H groups in total. The summed E-state index contributed by atoms with van der Waals surface area (Å²) in [4.78, 5) is 11.1. The van der Waals surface area contributed by atoms with Gasteiger partial charge in [0.05, 0.1) is 10.7 Å². The van der Waals surface area contributed by atoms with E-state index in [0.29, 0.717) is 22.2 Å². The van der Waals surface area contributed by atoms with Crippen LogP contribution in [-0.2, 0) is 6.54 Å². The molecule has 0 spiro atoms. The summed E-state index contributed by atoms with van der Waals surface area (Å²) in [6.45, 7) is 4.43. The van der Waals surface area contributed by atoms with Gasteiger partial charge in [0.15, 0.2) is 0 Å². The molecule has 0 atom stereocenters. The van der Waals surface area contributed by atoms with Crippen molar-refractivity contribution in [2.24, 2.45) is 5.73 Å². The predicted octanol–water partition coefficient (Wildman–Crippen LogP) is 4.32. The molecule has 0 saturated carbocycles. The third kappa shape index (κ3) is 3.69. The van der Waals surface area contributed by atoms with Crippen molar-refractivity contribution in [2.75, 3.05) is 5.32 Å². The monoisotopic (exact) mass is 322 g/mol. The van der Waals surface area contributed by atoms with Crippen LogP contribution < -0.4 is 11.1 Å². The van der Waals surface area contributed by atoms with Gasteiger partial charge in [0.2, 0.25) is 5.91 Å². The zero-order valence-corrected chi connectivity index (χ0v) is 13.3. The fourth-order valence-corrected chi connectivity index (χ4v) is 2.47. The molecule has 0 fully saturated rings. The first-order chi connectivity index (χ1) is 9.88. The van der Waals surface area contributed by atoms with Crippen molar-refractivity contribution in [3.63, 3.8) is 0 Å². The highest BCUT2D eigenvalue weighted by Gasteiger charge is 2.07. The van der Waals surface area contributed by atoms with Crippen LogP contribution in [-0.4, -0.2) is 5.91 Å². The number of nitrogens with one attached hydrogen (secondary N) is 1. The quantitative estimate of drug-likeness (QED) is 0.880. The number of carbonyl (C=O) groups is 1. The van der Waals surface area contributed by atoms with Crippen LogP contribution in [0.5, 0.6) is 0 Å². The van der Waals surface area contributed by atoms with Gasteiger partial charge in [-0.1, -0.05) is 29.3 Å². The molecule has 0 aliphatic carbocycles. The third-order valence-electron chi connectivity index (χ3n) is 3.34. The number of amides is 1. The van der Waals surface area contributed by atoms with Crippen molar-refractivity contribution in [1.29, 1.82) is 0 Å². The maximum atomic E-state index is 11.1. The Labute approximate surface area is 134 Å². The molecule has 21 heavy (non-hydrogen) atoms. The molecule has 3 nitrogen and oxygen atoms in total. The van der Waals surface area contributed by atoms with Gasteiger partial charge in [-0.25, -0.2) is 0 Å². The van der Waals surface area contributed by atoms with Crippen molar-refractivity contribution in [3.05, 3.63) is 62.6 Å². The summed E-state index contributed by atoms with van der Waals surface area (Å²) in [6, 6.07) is 9.02. The smallest absolute Gasteiger partial charge is 0.248 e. The van der Waals surface area contributed by atoms with E-state index in [4.69, 9.17) is 28.9 Å². The van der Waals surface area contributed by atoms with Crippen LogP contribution in [0.15, 0.2) is 30.3 Å². The summed E-state index contributed by atoms with van der Waals surface area (Å²) in [6.07, 6.45) is 0. The molecule has 0 saturated heterocycles. The minimum absolute atomic E-state index is 0.425. The van der Waals surface area contributed by atoms with Crippen LogP contribution in [0.2, 0.25) is 10.0 Å². The highest BCUT2D eigenvalue weighted by atomic mass is 35.5. The van der Waals surface area contributed by atoms with Crippen LogP contribution in [0.4, 0.5) is 5.69 Å². The average Bonchev–Trinajstić information content (AvgIpc) is 2.42. The van der Waals surface area contributed by atoms with Crippen LogP contribution in [0.3, 0.4) is 0 Å². The number of hydrogen-bond donors (Lipinski definition) is 2. The first kappa shape index (κ1) is 15.7. The van der Waals surface area contributed by atoms with Crippen LogP contribution >= 0.6 is 23.2 Å². The predicted molar refractivity (Wildman–Crippen MR) is 88.2 cm³/mol. The van der Waals surface area contributed by atoms with Crippen LogP contribution in [0.25, 0.3) is 0 Å². The molecule has 2 aromatic rings. The second-order valence-electron chi connectivity index (χ2n) is 4.94. The fourth-order valence-electron chi connectivity index (χ4n) is 2.02. The van der Waals surface area contributed by atoms with Gasteiger partial charge in [-0.2, -0.15) is 0 Å². The molecular weight excluding hydrogens is 307 g/mol. The molecule has 0 aliphatic rings. The number of rotatable bonds is 4. The van der Waals surface area contributed by atoms with Gasteiger partial charge in [0.1, 0.15) is 0 Å². The van der Waals surface area contributed by atoms with E-state index in [1.165, 1.54) is 0 Å². The Balaban J connectivity index is 2.17. The van der Waals surface area contributed by atoms with Gasteiger partial charge in [0, 0.05) is 17.1 Å². The van der Waals surface area contributed by atoms with Gasteiger partial charge in [-0.15, -0.1) is 0 Å². The highest BCUT2D eigenvalue weighted by molar-refractivity contribution is 6.35. The van der Waals surface area contributed by atoms with E-state index in [0.717, 1.165) is 22.4 Å². The number of primary amides is 1. The molecule has 1 amide bonds. The molecule has 0 heterocycles. The Morgan fingerprint density at radius 1 is 1.10 bits per heavy atom. The van der Waals surface area contributed by atoms with E-state index in [1.807, 2.05) is 32.0 Å². The largest absolute Gasteiger partial charge is 0.380 e. The van der Waals surface area contributed by atoms with Gasteiger partial charge in [0.25, 0.3) is 0 Å². The van der Waals surface area contributed by atoms with Crippen molar-refractivity contribution in [2.45, 2.75) is 20.4 Å². The summed E-state index contributed by atoms with van der Waals surface area (Å²) >= 11 is 12.3. The van der Waals surface area contributed by atoms with Gasteiger partial charge in [-0.3, -0.25) is 4.79 Å². The number of anilines is 1. The van der Waals surface area contributed by atoms with Crippen molar-refractivity contribution < 1.29 is 4.79 Å². The molecule has 0 bridgehead atoms. The molecule has 0 radical (unpaired) electrons. The first-order valence-electron chi connectivity index (χ1n) is 6.47. The maximum Gasteiger partial charge on any atom is 0.248 e. The van der Waals surface area contributed by atoms with Crippen molar-refractivity contribution >= 4 is 34.8 Å². The minimum atomic E-state index is -0.425. The van der Waals surface area contributed by atoms with E-state index >= 15 is 0 Å². The van der Waals surface area contributed by atoms with E-state index in [2.05, 4.69) is 5.32 Å². The Kier molecular flexibility index (Phi) is 4.76. The number of benzene rings is 2. The van der Waals surface area contributed by atoms with E-state index in [-0.39, 0.29) is 0 Å². The lowest BCUT2D eigenvalue weighted by atomic mass is 10.0. The maximum absolute atomic E-state index is 11.1. The van der Waals surface area contributed by atoms with Crippen molar-refractivity contribution in [1.82, 2.24) is 0 Å². The fraction of sp³-hybridized carbons (Fsp3) is 0.188. The molecule has 2 rings (SSSR count). The second-order valence-corrected chi connectivity index (χ2v) is 5.75. The SMILES string of the molecule is Cc1cc(Cl)c(NCc2ccc(C(N)=O)cc2C)cc1Cl. The summed E-state index contributed by atoms with van der Waals surface area (Å²) in [7, 11) is 0. The Morgan fingerprint density at radius 2 is 1.81 bits per heavy atom. The average molecular weight is 323 g/mol. The van der Waals surface area contributed by atoms with Crippen LogP contribution in [0, 0.1) is 13.8 Å². The molecule has 0 aliphatic heterocycles. The van der Waals surface area contributed by atoms with E-state index in [1.54, 1.807) is 12.1 Å². The molecule has 0 unspecified atom stereocenters. The van der Waals surface area contributed by atoms with Crippen LogP contribution in [0.1, 0.15) is 27.0 Å². The number of nitrogens with two attached hydrogens (primary N) is 1. The first-order valence-corrected chi connectivity index (χ1v) is 7.23. The van der Waals surface area contributed by atoms with Gasteiger partial charge < -0.3 is 11.1 Å². The summed E-state index contributed by atoms with van der Waals surface area (Å²) in [5, 5.41) is 4.55. The van der Waals surface area contributed by atoms with Crippen molar-refractivity contribution in [3.8, 4) is 0 Å². The molecule has 0 aromatic heterocycles. The summed E-state index contributed by atoms with van der Waals surface area (Å²) in [5.41, 5.74) is 9.55. The van der Waals surface area contributed by atoms with Gasteiger partial charge in [-0.05, 0) is 54.8 Å². The Bertz CT molecular complexity index is 699. The van der Waals surface area contributed by atoms with E-state index in [9.17, 15) is 4.79 Å². The minimum Gasteiger partial charge on any atom is -0.380 e. The zero-order chi connectivity index (χ0) is 15.6. The zero-order valence-electron chi connectivity index (χ0n) is 11.8. The highest BCUT2D eigenvalue weighted by Crippen LogP contribution is 2.29. The lowest BCUT2D eigenvalue weighted by Gasteiger charge is -2.12. The Hall–Kier alpha value is -1.71. The Morgan fingerprint density at radius 3 is 2.43 bits per heavy atom. The van der Waals surface area contributed by atoms with E-state index < -0.39 is 5.91 Å². The summed E-state index contributed by atoms with van der Waals surface area (Å²) < 4.78 is 0. The number of halogens is 2. The lowest BCUT2D eigenvalue weighted by Crippen LogP contribution is -2.11.